The average molecular weight is 369 g/mol. The zero-order valence-electron chi connectivity index (χ0n) is 12.9. The third-order valence-electron chi connectivity index (χ3n) is 4.49. The van der Waals surface area contributed by atoms with Gasteiger partial charge in [0.2, 0.25) is 0 Å². The fourth-order valence-electron chi connectivity index (χ4n) is 3.31. The van der Waals surface area contributed by atoms with E-state index in [0.29, 0.717) is 6.54 Å². The highest BCUT2D eigenvalue weighted by Gasteiger charge is 2.24. The first kappa shape index (κ1) is 14.5. The summed E-state index contributed by atoms with van der Waals surface area (Å²) in [4.78, 5) is 18.2. The van der Waals surface area contributed by atoms with E-state index in [1.165, 1.54) is 22.2 Å². The predicted molar refractivity (Wildman–Crippen MR) is 95.6 cm³/mol. The summed E-state index contributed by atoms with van der Waals surface area (Å²) >= 11 is 3.44. The van der Waals surface area contributed by atoms with Crippen molar-refractivity contribution in [2.75, 3.05) is 6.54 Å². The van der Waals surface area contributed by atoms with Gasteiger partial charge in [0, 0.05) is 51.7 Å². The lowest BCUT2D eigenvalue weighted by molar-refractivity contribution is 0.0735. The molecule has 1 amide bonds. The lowest BCUT2D eigenvalue weighted by atomic mass is 10.0. The van der Waals surface area contributed by atoms with Crippen LogP contribution in [0.15, 0.2) is 46.9 Å². The zero-order valence-corrected chi connectivity index (χ0v) is 14.5. The fourth-order valence-corrected chi connectivity index (χ4v) is 3.70. The van der Waals surface area contributed by atoms with E-state index in [1.54, 1.807) is 0 Å². The van der Waals surface area contributed by atoms with Gasteiger partial charge in [0.05, 0.1) is 0 Å². The quantitative estimate of drug-likeness (QED) is 0.677. The molecular formula is C19H17BrN2O. The Labute approximate surface area is 143 Å². The molecule has 0 saturated heterocycles. The van der Waals surface area contributed by atoms with Gasteiger partial charge in [0.1, 0.15) is 0 Å². The van der Waals surface area contributed by atoms with Gasteiger partial charge in [-0.05, 0) is 37.3 Å². The summed E-state index contributed by atoms with van der Waals surface area (Å²) in [6.07, 6.45) is 0.878. The van der Waals surface area contributed by atoms with Gasteiger partial charge in [-0.3, -0.25) is 4.79 Å². The number of rotatable bonds is 1. The van der Waals surface area contributed by atoms with Crippen LogP contribution >= 0.6 is 15.9 Å². The zero-order chi connectivity index (χ0) is 16.0. The van der Waals surface area contributed by atoms with Crippen molar-refractivity contribution < 1.29 is 4.79 Å². The second-order valence-corrected chi connectivity index (χ2v) is 7.03. The first-order valence-electron chi connectivity index (χ1n) is 7.77. The van der Waals surface area contributed by atoms with E-state index in [0.717, 1.165) is 28.5 Å². The maximum absolute atomic E-state index is 12.8. The maximum Gasteiger partial charge on any atom is 0.254 e. The number of halogens is 1. The fraction of sp³-hybridized carbons (Fsp3) is 0.211. The van der Waals surface area contributed by atoms with Gasteiger partial charge in [-0.25, -0.2) is 0 Å². The molecule has 0 radical (unpaired) electrons. The van der Waals surface area contributed by atoms with Gasteiger partial charge in [-0.1, -0.05) is 33.6 Å². The molecule has 1 aliphatic heterocycles. The van der Waals surface area contributed by atoms with Gasteiger partial charge in [0.25, 0.3) is 5.91 Å². The average Bonchev–Trinajstić information content (AvgIpc) is 2.91. The van der Waals surface area contributed by atoms with Crippen molar-refractivity contribution in [1.29, 1.82) is 0 Å². The molecular weight excluding hydrogens is 352 g/mol. The lowest BCUT2D eigenvalue weighted by Crippen LogP contribution is -2.35. The van der Waals surface area contributed by atoms with E-state index < -0.39 is 0 Å². The standard InChI is InChI=1S/C19H17BrN2O/c1-12-5-6-17-15(9-12)16-11-22(8-7-18(16)21-17)19(23)13-3-2-4-14(20)10-13/h2-6,9-10,21H,7-8,11H2,1H3. The molecule has 0 aliphatic carbocycles. The Bertz CT molecular complexity index is 913. The number of carbonyl (C=O) groups is 1. The number of nitrogens with zero attached hydrogens (tertiary/aromatic N) is 1. The topological polar surface area (TPSA) is 36.1 Å². The number of benzene rings is 2. The summed E-state index contributed by atoms with van der Waals surface area (Å²) in [5.41, 5.74) is 5.67. The van der Waals surface area contributed by atoms with Crippen LogP contribution in [0.3, 0.4) is 0 Å². The molecule has 0 saturated carbocycles. The van der Waals surface area contributed by atoms with Crippen LogP contribution in [0.4, 0.5) is 0 Å². The van der Waals surface area contributed by atoms with Gasteiger partial charge in [0.15, 0.2) is 0 Å². The maximum atomic E-state index is 12.8. The van der Waals surface area contributed by atoms with Crippen LogP contribution in [-0.2, 0) is 13.0 Å². The van der Waals surface area contributed by atoms with Crippen molar-refractivity contribution >= 4 is 32.7 Å². The van der Waals surface area contributed by atoms with E-state index in [1.807, 2.05) is 29.2 Å². The van der Waals surface area contributed by atoms with Crippen LogP contribution in [0.2, 0.25) is 0 Å². The van der Waals surface area contributed by atoms with Crippen LogP contribution in [0.5, 0.6) is 0 Å². The summed E-state index contributed by atoms with van der Waals surface area (Å²) in [6, 6.07) is 14.1. The van der Waals surface area contributed by atoms with Crippen molar-refractivity contribution in [1.82, 2.24) is 9.88 Å². The molecule has 3 nitrogen and oxygen atoms in total. The van der Waals surface area contributed by atoms with Crippen LogP contribution in [-0.4, -0.2) is 22.3 Å². The largest absolute Gasteiger partial charge is 0.358 e. The summed E-state index contributed by atoms with van der Waals surface area (Å²) in [6.45, 7) is 3.53. The predicted octanol–water partition coefficient (Wildman–Crippen LogP) is 4.44. The van der Waals surface area contributed by atoms with Crippen LogP contribution in [0.1, 0.15) is 27.2 Å². The molecule has 0 bridgehead atoms. The van der Waals surface area contributed by atoms with Crippen molar-refractivity contribution in [2.45, 2.75) is 19.9 Å². The Kier molecular flexibility index (Phi) is 3.49. The Morgan fingerprint density at radius 3 is 2.91 bits per heavy atom. The molecule has 1 aliphatic rings. The van der Waals surface area contributed by atoms with Crippen molar-refractivity contribution in [2.24, 2.45) is 0 Å². The normalized spacial score (nSPS) is 14.1. The molecule has 3 aromatic rings. The lowest BCUT2D eigenvalue weighted by Gasteiger charge is -2.27. The number of aryl methyl sites for hydroxylation is 1. The van der Waals surface area contributed by atoms with Crippen molar-refractivity contribution in [3.8, 4) is 0 Å². The highest BCUT2D eigenvalue weighted by atomic mass is 79.9. The van der Waals surface area contributed by atoms with E-state index in [9.17, 15) is 4.79 Å². The number of amides is 1. The molecule has 0 unspecified atom stereocenters. The van der Waals surface area contributed by atoms with Crippen LogP contribution in [0.25, 0.3) is 10.9 Å². The summed E-state index contributed by atoms with van der Waals surface area (Å²) < 4.78 is 0.934. The van der Waals surface area contributed by atoms with E-state index in [4.69, 9.17) is 0 Å². The first-order chi connectivity index (χ1) is 11.1. The minimum absolute atomic E-state index is 0.0963. The molecule has 23 heavy (non-hydrogen) atoms. The molecule has 2 aromatic carbocycles. The second-order valence-electron chi connectivity index (χ2n) is 6.12. The van der Waals surface area contributed by atoms with Crippen molar-refractivity contribution in [3.05, 3.63) is 69.3 Å². The highest BCUT2D eigenvalue weighted by Crippen LogP contribution is 2.29. The molecule has 1 N–H and O–H groups in total. The monoisotopic (exact) mass is 368 g/mol. The number of fused-ring (bicyclic) bond motifs is 3. The third-order valence-corrected chi connectivity index (χ3v) is 4.98. The van der Waals surface area contributed by atoms with Gasteiger partial charge >= 0.3 is 0 Å². The number of hydrogen-bond donors (Lipinski definition) is 1. The molecule has 0 spiro atoms. The minimum atomic E-state index is 0.0963. The summed E-state index contributed by atoms with van der Waals surface area (Å²) in [5.74, 6) is 0.0963. The van der Waals surface area contributed by atoms with Gasteiger partial charge < -0.3 is 9.88 Å². The Morgan fingerprint density at radius 1 is 1.22 bits per heavy atom. The summed E-state index contributed by atoms with van der Waals surface area (Å²) in [7, 11) is 0. The van der Waals surface area contributed by atoms with E-state index >= 15 is 0 Å². The smallest absolute Gasteiger partial charge is 0.254 e. The molecule has 1 aromatic heterocycles. The molecule has 116 valence electrons. The molecule has 4 heteroatoms. The molecule has 0 atom stereocenters. The first-order valence-corrected chi connectivity index (χ1v) is 8.56. The number of aromatic nitrogens is 1. The summed E-state index contributed by atoms with van der Waals surface area (Å²) in [5, 5.41) is 1.24. The van der Waals surface area contributed by atoms with Gasteiger partial charge in [-0.15, -0.1) is 0 Å². The number of aromatic amines is 1. The SMILES string of the molecule is Cc1ccc2[nH]c3c(c2c1)CN(C(=O)c1cccc(Br)c1)CC3. The Balaban J connectivity index is 1.69. The number of carbonyl (C=O) groups excluding carboxylic acids is 1. The molecule has 2 heterocycles. The highest BCUT2D eigenvalue weighted by molar-refractivity contribution is 9.10. The number of hydrogen-bond acceptors (Lipinski definition) is 1. The van der Waals surface area contributed by atoms with Gasteiger partial charge in [-0.2, -0.15) is 0 Å². The minimum Gasteiger partial charge on any atom is -0.358 e. The molecule has 4 rings (SSSR count). The number of nitrogens with one attached hydrogen (secondary N) is 1. The molecule has 0 fully saturated rings. The van der Waals surface area contributed by atoms with Crippen LogP contribution < -0.4 is 0 Å². The van der Waals surface area contributed by atoms with Crippen molar-refractivity contribution in [3.63, 3.8) is 0 Å². The van der Waals surface area contributed by atoms with E-state index in [-0.39, 0.29) is 5.91 Å². The van der Waals surface area contributed by atoms with E-state index in [2.05, 4.69) is 46.0 Å². The number of H-pyrrole nitrogens is 1. The van der Waals surface area contributed by atoms with Crippen LogP contribution in [0, 0.1) is 6.92 Å². The third kappa shape index (κ3) is 2.57. The Hall–Kier alpha value is -2.07. The second kappa shape index (κ2) is 5.53. The Morgan fingerprint density at radius 2 is 2.09 bits per heavy atom.